The molecule has 2 N–H and O–H groups in total. The molecule has 9 nitrogen and oxygen atoms in total. The minimum atomic E-state index is -3.81. The second-order valence-corrected chi connectivity index (χ2v) is 12.4. The highest BCUT2D eigenvalue weighted by molar-refractivity contribution is 7.90. The normalized spacial score (nSPS) is 13.4. The number of fused-ring (bicyclic) bond motifs is 1. The third kappa shape index (κ3) is 6.34. The van der Waals surface area contributed by atoms with E-state index in [1.807, 2.05) is 32.0 Å². The van der Waals surface area contributed by atoms with Crippen LogP contribution in [0.15, 0.2) is 84.0 Å². The highest BCUT2D eigenvalue weighted by Crippen LogP contribution is 2.31. The van der Waals surface area contributed by atoms with Gasteiger partial charge < -0.3 is 15.4 Å². The quantitative estimate of drug-likeness (QED) is 0.279. The number of aromatic nitrogens is 2. The fraction of sp³-hybridized carbons (Fsp3) is 0.300. The number of rotatable bonds is 8. The third-order valence-corrected chi connectivity index (χ3v) is 8.17. The van der Waals surface area contributed by atoms with E-state index in [2.05, 4.69) is 15.6 Å². The van der Waals surface area contributed by atoms with Gasteiger partial charge in [-0.15, -0.1) is 0 Å². The van der Waals surface area contributed by atoms with Crippen LogP contribution in [0.1, 0.15) is 41.0 Å². The van der Waals surface area contributed by atoms with Crippen molar-refractivity contribution in [1.82, 2.24) is 14.3 Å². The lowest BCUT2D eigenvalue weighted by atomic mass is 9.98. The summed E-state index contributed by atoms with van der Waals surface area (Å²) >= 11 is 0. The highest BCUT2D eigenvalue weighted by Gasteiger charge is 2.28. The topological polar surface area (TPSA) is 119 Å². The Kier molecular flexibility index (Phi) is 8.29. The van der Waals surface area contributed by atoms with Crippen molar-refractivity contribution in [2.75, 3.05) is 5.32 Å². The Balaban J connectivity index is 1.56. The zero-order valence-electron chi connectivity index (χ0n) is 23.2. The molecule has 0 fully saturated rings. The number of carbonyl (C=O) groups is 2. The number of alkyl carbamates (subject to hydrolysis) is 1. The van der Waals surface area contributed by atoms with Crippen LogP contribution in [0.2, 0.25) is 0 Å². The Morgan fingerprint density at radius 1 is 1.00 bits per heavy atom. The Morgan fingerprint density at radius 3 is 2.30 bits per heavy atom. The molecule has 0 bridgehead atoms. The first-order valence-corrected chi connectivity index (χ1v) is 14.5. The summed E-state index contributed by atoms with van der Waals surface area (Å²) in [5.74, 6) is -0.462. The van der Waals surface area contributed by atoms with Crippen LogP contribution in [-0.4, -0.2) is 41.0 Å². The van der Waals surface area contributed by atoms with Gasteiger partial charge in [0, 0.05) is 23.5 Å². The lowest BCUT2D eigenvalue weighted by molar-refractivity contribution is -0.119. The van der Waals surface area contributed by atoms with Crippen LogP contribution in [0.3, 0.4) is 0 Å². The van der Waals surface area contributed by atoms with Crippen molar-refractivity contribution < 1.29 is 22.7 Å². The molecule has 210 valence electrons. The number of pyridine rings is 1. The number of ether oxygens (including phenoxy) is 1. The van der Waals surface area contributed by atoms with E-state index >= 15 is 0 Å². The van der Waals surface area contributed by atoms with E-state index in [-0.39, 0.29) is 16.7 Å². The van der Waals surface area contributed by atoms with Crippen LogP contribution in [-0.2, 0) is 19.6 Å². The maximum Gasteiger partial charge on any atom is 0.408 e. The van der Waals surface area contributed by atoms with Crippen molar-refractivity contribution in [2.24, 2.45) is 5.92 Å². The highest BCUT2D eigenvalue weighted by atomic mass is 32.2. The molecule has 2 heterocycles. The van der Waals surface area contributed by atoms with Crippen molar-refractivity contribution in [1.29, 1.82) is 0 Å². The molecule has 2 atom stereocenters. The molecule has 0 aliphatic heterocycles. The molecule has 0 saturated heterocycles. The van der Waals surface area contributed by atoms with Crippen molar-refractivity contribution >= 4 is 38.7 Å². The number of amides is 2. The largest absolute Gasteiger partial charge is 0.444 e. The Morgan fingerprint density at radius 2 is 1.68 bits per heavy atom. The van der Waals surface area contributed by atoms with E-state index in [1.54, 1.807) is 75.5 Å². The van der Waals surface area contributed by atoms with E-state index in [4.69, 9.17) is 4.74 Å². The number of carbonyl (C=O) groups excluding carboxylic acids is 2. The van der Waals surface area contributed by atoms with E-state index in [1.165, 1.54) is 10.2 Å². The standard InChI is InChI=1S/C30H34N4O5S/c1-6-20(2)26(33-29(36)39-30(3,4)5)28(35)32-22-14-12-21(13-15-22)24-16-18-31-27-25(24)17-19-34(27)40(37,38)23-10-8-7-9-11-23/h7-20,26H,6H2,1-5H3,(H,32,35)(H,33,36)/t20-,26-/m0/s1. The number of nitrogens with zero attached hydrogens (tertiary/aromatic N) is 2. The van der Waals surface area contributed by atoms with Gasteiger partial charge in [-0.3, -0.25) is 4.79 Å². The Bertz CT molecular complexity index is 1610. The molecule has 0 unspecified atom stereocenters. The zero-order chi connectivity index (χ0) is 29.1. The SMILES string of the molecule is CC[C@H](C)[C@H](NC(=O)OC(C)(C)C)C(=O)Nc1ccc(-c2ccnc3c2ccn3S(=O)(=O)c2ccccc2)cc1. The van der Waals surface area contributed by atoms with Gasteiger partial charge >= 0.3 is 6.09 Å². The molecule has 0 aliphatic rings. The second-order valence-electron chi connectivity index (χ2n) is 10.6. The van der Waals surface area contributed by atoms with E-state index in [0.29, 0.717) is 23.1 Å². The maximum absolute atomic E-state index is 13.2. The van der Waals surface area contributed by atoms with Gasteiger partial charge in [-0.1, -0.05) is 50.6 Å². The summed E-state index contributed by atoms with van der Waals surface area (Å²) in [4.78, 5) is 30.0. The van der Waals surface area contributed by atoms with Gasteiger partial charge in [0.1, 0.15) is 11.6 Å². The molecule has 2 aromatic carbocycles. The van der Waals surface area contributed by atoms with Crippen LogP contribution in [0.5, 0.6) is 0 Å². The molecule has 0 radical (unpaired) electrons. The van der Waals surface area contributed by atoms with Crippen molar-refractivity contribution in [3.05, 3.63) is 79.1 Å². The van der Waals surface area contributed by atoms with Crippen molar-refractivity contribution in [2.45, 2.75) is 57.6 Å². The van der Waals surface area contributed by atoms with Crippen molar-refractivity contribution in [3.8, 4) is 11.1 Å². The first-order valence-electron chi connectivity index (χ1n) is 13.1. The van der Waals surface area contributed by atoms with Gasteiger partial charge in [0.15, 0.2) is 5.65 Å². The van der Waals surface area contributed by atoms with Crippen LogP contribution < -0.4 is 10.6 Å². The molecule has 10 heteroatoms. The van der Waals surface area contributed by atoms with E-state index in [9.17, 15) is 18.0 Å². The predicted octanol–water partition coefficient (Wildman–Crippen LogP) is 5.82. The summed E-state index contributed by atoms with van der Waals surface area (Å²) in [6, 6.07) is 18.2. The lowest BCUT2D eigenvalue weighted by Crippen LogP contribution is -2.49. The smallest absolute Gasteiger partial charge is 0.408 e. The lowest BCUT2D eigenvalue weighted by Gasteiger charge is -2.26. The summed E-state index contributed by atoms with van der Waals surface area (Å²) in [6.07, 6.45) is 3.12. The molecular weight excluding hydrogens is 528 g/mol. The van der Waals surface area contributed by atoms with Crippen LogP contribution >= 0.6 is 0 Å². The fourth-order valence-electron chi connectivity index (χ4n) is 4.26. The first-order chi connectivity index (χ1) is 18.9. The number of hydrogen-bond acceptors (Lipinski definition) is 6. The molecule has 2 amide bonds. The molecule has 40 heavy (non-hydrogen) atoms. The van der Waals surface area contributed by atoms with E-state index < -0.39 is 27.8 Å². The third-order valence-electron chi connectivity index (χ3n) is 6.49. The minimum Gasteiger partial charge on any atom is -0.444 e. The maximum atomic E-state index is 13.2. The number of anilines is 1. The molecule has 4 aromatic rings. The van der Waals surface area contributed by atoms with Gasteiger partial charge in [0.05, 0.1) is 4.90 Å². The summed E-state index contributed by atoms with van der Waals surface area (Å²) in [5, 5.41) is 6.25. The predicted molar refractivity (Wildman–Crippen MR) is 155 cm³/mol. The summed E-state index contributed by atoms with van der Waals surface area (Å²) < 4.78 is 32.9. The number of nitrogens with one attached hydrogen (secondary N) is 2. The average molecular weight is 563 g/mol. The summed E-state index contributed by atoms with van der Waals surface area (Å²) in [7, 11) is -3.81. The van der Waals surface area contributed by atoms with Crippen LogP contribution in [0.4, 0.5) is 10.5 Å². The molecule has 0 spiro atoms. The Labute approximate surface area is 234 Å². The van der Waals surface area contributed by atoms with Gasteiger partial charge in [-0.25, -0.2) is 22.2 Å². The van der Waals surface area contributed by atoms with Gasteiger partial charge in [-0.2, -0.15) is 0 Å². The Hall–Kier alpha value is -4.18. The fourth-order valence-corrected chi connectivity index (χ4v) is 5.58. The zero-order valence-corrected chi connectivity index (χ0v) is 24.0. The van der Waals surface area contributed by atoms with Gasteiger partial charge in [0.25, 0.3) is 10.0 Å². The number of benzene rings is 2. The van der Waals surface area contributed by atoms with Gasteiger partial charge in [0.2, 0.25) is 5.91 Å². The van der Waals surface area contributed by atoms with E-state index in [0.717, 1.165) is 11.1 Å². The summed E-state index contributed by atoms with van der Waals surface area (Å²) in [5.41, 5.74) is 1.83. The van der Waals surface area contributed by atoms with Crippen molar-refractivity contribution in [3.63, 3.8) is 0 Å². The second kappa shape index (κ2) is 11.5. The molecule has 0 aliphatic carbocycles. The average Bonchev–Trinajstić information content (AvgIpc) is 3.36. The molecule has 0 saturated carbocycles. The molecule has 4 rings (SSSR count). The molecule has 2 aromatic heterocycles. The molecular formula is C30H34N4O5S. The van der Waals surface area contributed by atoms with Gasteiger partial charge in [-0.05, 0) is 74.2 Å². The van der Waals surface area contributed by atoms with Crippen LogP contribution in [0.25, 0.3) is 22.2 Å². The number of hydrogen-bond donors (Lipinski definition) is 2. The first kappa shape index (κ1) is 28.8. The summed E-state index contributed by atoms with van der Waals surface area (Å²) in [6.45, 7) is 9.13. The monoisotopic (exact) mass is 562 g/mol. The van der Waals surface area contributed by atoms with Crippen LogP contribution in [0, 0.1) is 5.92 Å². The minimum absolute atomic E-state index is 0.118.